The maximum atomic E-state index is 13.2. The standard InChI is InChI=1S/C18H26N4O2/c1-6-18(2,3)14-8-7-9-22(14)17(23)13-10-19-16-12(15(13)24-5)11-20-21(16)4/h10-11,14H,6-9H2,1-5H3. The Kier molecular flexibility index (Phi) is 4.24. The normalized spacial score (nSPS) is 18.4. The zero-order valence-electron chi connectivity index (χ0n) is 15.2. The lowest BCUT2D eigenvalue weighted by molar-refractivity contribution is 0.0592. The molecule has 1 unspecified atom stereocenters. The molecule has 1 amide bonds. The van der Waals surface area contributed by atoms with Gasteiger partial charge in [-0.1, -0.05) is 20.8 Å². The van der Waals surface area contributed by atoms with Gasteiger partial charge in [-0.05, 0) is 24.7 Å². The number of amides is 1. The molecule has 1 aliphatic rings. The summed E-state index contributed by atoms with van der Waals surface area (Å²) in [6.07, 6.45) is 6.47. The third-order valence-electron chi connectivity index (χ3n) is 5.47. The van der Waals surface area contributed by atoms with Gasteiger partial charge < -0.3 is 9.64 Å². The Morgan fingerprint density at radius 3 is 2.83 bits per heavy atom. The minimum absolute atomic E-state index is 0.00845. The van der Waals surface area contributed by atoms with E-state index in [4.69, 9.17) is 4.74 Å². The number of nitrogens with zero attached hydrogens (tertiary/aromatic N) is 4. The van der Waals surface area contributed by atoms with Crippen molar-refractivity contribution in [1.29, 1.82) is 0 Å². The SMILES string of the molecule is CCC(C)(C)C1CCCN1C(=O)c1cnc2c(cnn2C)c1OC. The summed E-state index contributed by atoms with van der Waals surface area (Å²) < 4.78 is 7.24. The minimum atomic E-state index is 0.00845. The highest BCUT2D eigenvalue weighted by Gasteiger charge is 2.39. The topological polar surface area (TPSA) is 60.2 Å². The molecule has 0 N–H and O–H groups in total. The second-order valence-corrected chi connectivity index (χ2v) is 7.21. The number of rotatable bonds is 4. The summed E-state index contributed by atoms with van der Waals surface area (Å²) in [5.74, 6) is 0.576. The van der Waals surface area contributed by atoms with Crippen LogP contribution in [0.25, 0.3) is 11.0 Å². The van der Waals surface area contributed by atoms with Gasteiger partial charge in [0.2, 0.25) is 0 Å². The molecule has 0 spiro atoms. The molecule has 2 aromatic heterocycles. The largest absolute Gasteiger partial charge is 0.495 e. The first kappa shape index (κ1) is 16.7. The number of aromatic nitrogens is 3. The van der Waals surface area contributed by atoms with Crippen molar-refractivity contribution in [3.05, 3.63) is 18.0 Å². The second kappa shape index (κ2) is 6.07. The Balaban J connectivity index is 2.02. The lowest BCUT2D eigenvalue weighted by atomic mass is 9.80. The highest BCUT2D eigenvalue weighted by atomic mass is 16.5. The number of hydrogen-bond donors (Lipinski definition) is 0. The second-order valence-electron chi connectivity index (χ2n) is 7.21. The third kappa shape index (κ3) is 2.54. The Morgan fingerprint density at radius 1 is 1.42 bits per heavy atom. The van der Waals surface area contributed by atoms with Gasteiger partial charge in [0.05, 0.1) is 18.7 Å². The van der Waals surface area contributed by atoms with Crippen LogP contribution in [-0.4, -0.2) is 45.3 Å². The van der Waals surface area contributed by atoms with Gasteiger partial charge in [0.1, 0.15) is 11.3 Å². The summed E-state index contributed by atoms with van der Waals surface area (Å²) in [5, 5.41) is 4.99. The van der Waals surface area contributed by atoms with Crippen LogP contribution in [0, 0.1) is 5.41 Å². The first-order valence-corrected chi connectivity index (χ1v) is 8.56. The van der Waals surface area contributed by atoms with Gasteiger partial charge in [0.15, 0.2) is 5.65 Å². The van der Waals surface area contributed by atoms with Crippen LogP contribution in [0.3, 0.4) is 0 Å². The number of hydrogen-bond acceptors (Lipinski definition) is 4. The highest BCUT2D eigenvalue weighted by Crippen LogP contribution is 2.38. The van der Waals surface area contributed by atoms with E-state index in [-0.39, 0.29) is 17.4 Å². The van der Waals surface area contributed by atoms with E-state index in [0.717, 1.165) is 36.8 Å². The zero-order valence-corrected chi connectivity index (χ0v) is 15.2. The fourth-order valence-corrected chi connectivity index (χ4v) is 3.66. The number of ether oxygens (including phenoxy) is 1. The minimum Gasteiger partial charge on any atom is -0.495 e. The van der Waals surface area contributed by atoms with E-state index in [1.165, 1.54) is 0 Å². The highest BCUT2D eigenvalue weighted by molar-refractivity contribution is 6.02. The molecule has 3 rings (SSSR count). The number of aryl methyl sites for hydroxylation is 1. The molecule has 24 heavy (non-hydrogen) atoms. The van der Waals surface area contributed by atoms with E-state index in [9.17, 15) is 4.79 Å². The average molecular weight is 330 g/mol. The van der Waals surface area contributed by atoms with Crippen molar-refractivity contribution < 1.29 is 9.53 Å². The number of carbonyl (C=O) groups excluding carboxylic acids is 1. The molecule has 0 aliphatic carbocycles. The Labute approximate surface area is 142 Å². The third-order valence-corrected chi connectivity index (χ3v) is 5.47. The quantitative estimate of drug-likeness (QED) is 0.864. The van der Waals surface area contributed by atoms with Crippen molar-refractivity contribution >= 4 is 16.9 Å². The van der Waals surface area contributed by atoms with E-state index < -0.39 is 0 Å². The smallest absolute Gasteiger partial charge is 0.259 e. The fraction of sp³-hybridized carbons (Fsp3) is 0.611. The molecule has 0 saturated carbocycles. The van der Waals surface area contributed by atoms with E-state index >= 15 is 0 Å². The first-order valence-electron chi connectivity index (χ1n) is 8.56. The lowest BCUT2D eigenvalue weighted by Gasteiger charge is -2.37. The van der Waals surface area contributed by atoms with Crippen LogP contribution in [0.15, 0.2) is 12.4 Å². The molecule has 0 bridgehead atoms. The molecule has 2 aromatic rings. The van der Waals surface area contributed by atoms with Crippen LogP contribution in [0.2, 0.25) is 0 Å². The summed E-state index contributed by atoms with van der Waals surface area (Å²) in [6, 6.07) is 0.254. The number of carbonyl (C=O) groups is 1. The molecule has 0 radical (unpaired) electrons. The molecular weight excluding hydrogens is 304 g/mol. The van der Waals surface area contributed by atoms with Gasteiger partial charge in [0.25, 0.3) is 5.91 Å². The Hall–Kier alpha value is -2.11. The van der Waals surface area contributed by atoms with Gasteiger partial charge >= 0.3 is 0 Å². The van der Waals surface area contributed by atoms with Crippen LogP contribution >= 0.6 is 0 Å². The Morgan fingerprint density at radius 2 is 2.17 bits per heavy atom. The summed E-state index contributed by atoms with van der Waals surface area (Å²) in [4.78, 5) is 19.7. The Bertz CT molecular complexity index is 766. The van der Waals surface area contributed by atoms with Crippen molar-refractivity contribution in [2.45, 2.75) is 46.1 Å². The van der Waals surface area contributed by atoms with Crippen molar-refractivity contribution in [1.82, 2.24) is 19.7 Å². The number of fused-ring (bicyclic) bond motifs is 1. The summed E-state index contributed by atoms with van der Waals surface area (Å²) in [5.41, 5.74) is 1.35. The molecule has 6 heteroatoms. The molecule has 6 nitrogen and oxygen atoms in total. The molecular formula is C18H26N4O2. The van der Waals surface area contributed by atoms with Gasteiger partial charge in [-0.3, -0.25) is 9.48 Å². The molecule has 1 fully saturated rings. The average Bonchev–Trinajstić information content (AvgIpc) is 3.21. The maximum Gasteiger partial charge on any atom is 0.259 e. The number of likely N-dealkylation sites (tertiary alicyclic amines) is 1. The predicted octanol–water partition coefficient (Wildman–Crippen LogP) is 3.02. The number of methoxy groups -OCH3 is 1. The zero-order chi connectivity index (χ0) is 17.5. The summed E-state index contributed by atoms with van der Waals surface area (Å²) in [7, 11) is 3.42. The van der Waals surface area contributed by atoms with Gasteiger partial charge in [-0.25, -0.2) is 4.98 Å². The van der Waals surface area contributed by atoms with Gasteiger partial charge in [-0.15, -0.1) is 0 Å². The summed E-state index contributed by atoms with van der Waals surface area (Å²) >= 11 is 0. The van der Waals surface area contributed by atoms with Crippen molar-refractivity contribution in [3.63, 3.8) is 0 Å². The van der Waals surface area contributed by atoms with Crippen LogP contribution in [0.1, 0.15) is 50.4 Å². The van der Waals surface area contributed by atoms with E-state index in [1.54, 1.807) is 24.2 Å². The molecule has 1 aliphatic heterocycles. The molecule has 0 aromatic carbocycles. The predicted molar refractivity (Wildman–Crippen MR) is 93.2 cm³/mol. The van der Waals surface area contributed by atoms with Crippen LogP contribution in [0.5, 0.6) is 5.75 Å². The van der Waals surface area contributed by atoms with Crippen molar-refractivity contribution in [2.24, 2.45) is 12.5 Å². The molecule has 1 saturated heterocycles. The van der Waals surface area contributed by atoms with E-state index in [2.05, 4.69) is 30.9 Å². The van der Waals surface area contributed by atoms with Gasteiger partial charge in [-0.2, -0.15) is 5.10 Å². The molecule has 130 valence electrons. The maximum absolute atomic E-state index is 13.2. The van der Waals surface area contributed by atoms with Crippen LogP contribution < -0.4 is 4.74 Å². The first-order chi connectivity index (χ1) is 11.4. The number of pyridine rings is 1. The lowest BCUT2D eigenvalue weighted by Crippen LogP contribution is -2.44. The monoisotopic (exact) mass is 330 g/mol. The summed E-state index contributed by atoms with van der Waals surface area (Å²) in [6.45, 7) is 7.46. The van der Waals surface area contributed by atoms with Crippen LogP contribution in [-0.2, 0) is 7.05 Å². The molecule has 1 atom stereocenters. The van der Waals surface area contributed by atoms with E-state index in [0.29, 0.717) is 11.3 Å². The van der Waals surface area contributed by atoms with E-state index in [1.807, 2.05) is 11.9 Å². The molecule has 3 heterocycles. The van der Waals surface area contributed by atoms with Crippen molar-refractivity contribution in [3.8, 4) is 5.75 Å². The van der Waals surface area contributed by atoms with Gasteiger partial charge in [0, 0.05) is 25.8 Å². The van der Waals surface area contributed by atoms with Crippen LogP contribution in [0.4, 0.5) is 0 Å². The fourth-order valence-electron chi connectivity index (χ4n) is 3.66. The van der Waals surface area contributed by atoms with Crippen molar-refractivity contribution in [2.75, 3.05) is 13.7 Å².